The van der Waals surface area contributed by atoms with Crippen molar-refractivity contribution in [2.24, 2.45) is 23.7 Å². The highest BCUT2D eigenvalue weighted by atomic mass is 19.4. The minimum atomic E-state index is -5.12. The van der Waals surface area contributed by atoms with Crippen LogP contribution in [0, 0.1) is 35.3 Å². The van der Waals surface area contributed by atoms with Crippen LogP contribution in [0.2, 0.25) is 0 Å². The molecule has 170 valence electrons. The predicted molar refractivity (Wildman–Crippen MR) is 107 cm³/mol. The third-order valence-electron chi connectivity index (χ3n) is 7.54. The number of rotatable bonds is 6. The highest BCUT2D eigenvalue weighted by Gasteiger charge is 2.35. The molecule has 30 heavy (non-hydrogen) atoms. The molecule has 1 nitrogen and oxygen atoms in total. The Labute approximate surface area is 176 Å². The van der Waals surface area contributed by atoms with E-state index in [0.717, 1.165) is 49.7 Å². The fourth-order valence-corrected chi connectivity index (χ4v) is 5.64. The van der Waals surface area contributed by atoms with Gasteiger partial charge in [-0.2, -0.15) is 0 Å². The summed E-state index contributed by atoms with van der Waals surface area (Å²) in [6.07, 6.45) is 6.38. The first kappa shape index (κ1) is 23.3. The Hall–Kier alpha value is -1.33. The van der Waals surface area contributed by atoms with Crippen LogP contribution in [0.15, 0.2) is 12.1 Å². The third kappa shape index (κ3) is 6.10. The van der Waals surface area contributed by atoms with Gasteiger partial charge in [-0.15, -0.1) is 13.2 Å². The Bertz CT molecular complexity index is 662. The third-order valence-corrected chi connectivity index (χ3v) is 7.54. The first-order valence-electron chi connectivity index (χ1n) is 11.4. The van der Waals surface area contributed by atoms with Crippen molar-refractivity contribution >= 4 is 0 Å². The lowest BCUT2D eigenvalue weighted by atomic mass is 9.70. The molecule has 1 aromatic carbocycles. The van der Waals surface area contributed by atoms with Crippen molar-refractivity contribution in [3.63, 3.8) is 0 Å². The Morgan fingerprint density at radius 1 is 0.900 bits per heavy atom. The van der Waals surface area contributed by atoms with E-state index in [-0.39, 0.29) is 5.92 Å². The van der Waals surface area contributed by atoms with Gasteiger partial charge in [0.15, 0.2) is 11.6 Å². The van der Waals surface area contributed by atoms with Gasteiger partial charge in [-0.25, -0.2) is 8.78 Å². The minimum Gasteiger partial charge on any atom is -0.399 e. The van der Waals surface area contributed by atoms with Crippen LogP contribution in [0.1, 0.15) is 89.5 Å². The van der Waals surface area contributed by atoms with Crippen LogP contribution in [0.3, 0.4) is 0 Å². The van der Waals surface area contributed by atoms with E-state index in [1.54, 1.807) is 0 Å². The van der Waals surface area contributed by atoms with Gasteiger partial charge in [-0.3, -0.25) is 0 Å². The summed E-state index contributed by atoms with van der Waals surface area (Å²) < 4.78 is 68.5. The predicted octanol–water partition coefficient (Wildman–Crippen LogP) is 8.38. The Morgan fingerprint density at radius 2 is 1.43 bits per heavy atom. The van der Waals surface area contributed by atoms with Gasteiger partial charge in [-0.1, -0.05) is 33.1 Å². The molecule has 1 atom stereocenters. The standard InChI is InChI=1S/C24H33F5O/c1-3-16-4-8-18(9-5-16)15(2)12-17-6-10-19(11-7-17)20-13-21(25)23(22(26)14-20)30-24(27,28)29/h13-19H,3-12H2,1-2H3. The minimum absolute atomic E-state index is 0.0134. The molecule has 0 aromatic heterocycles. The summed E-state index contributed by atoms with van der Waals surface area (Å²) in [5, 5.41) is 0. The lowest BCUT2D eigenvalue weighted by Gasteiger charge is -2.35. The van der Waals surface area contributed by atoms with Crippen LogP contribution in [0.4, 0.5) is 22.0 Å². The summed E-state index contributed by atoms with van der Waals surface area (Å²) >= 11 is 0. The Kier molecular flexibility index (Phi) is 7.67. The zero-order chi connectivity index (χ0) is 21.9. The average Bonchev–Trinajstić information content (AvgIpc) is 2.70. The SMILES string of the molecule is CCC1CCC(C(C)CC2CCC(c3cc(F)c(OC(F)(F)F)c(F)c3)CC2)CC1. The fraction of sp³-hybridized carbons (Fsp3) is 0.750. The summed E-state index contributed by atoms with van der Waals surface area (Å²) in [6, 6.07) is 2.01. The van der Waals surface area contributed by atoms with E-state index in [1.165, 1.54) is 38.5 Å². The molecular weight excluding hydrogens is 399 g/mol. The van der Waals surface area contributed by atoms with Crippen LogP contribution < -0.4 is 4.74 Å². The summed E-state index contributed by atoms with van der Waals surface area (Å²) in [6.45, 7) is 4.65. The number of alkyl halides is 3. The molecule has 0 aliphatic heterocycles. The molecule has 1 unspecified atom stereocenters. The first-order chi connectivity index (χ1) is 14.2. The van der Waals surface area contributed by atoms with E-state index in [2.05, 4.69) is 18.6 Å². The highest BCUT2D eigenvalue weighted by molar-refractivity contribution is 5.33. The zero-order valence-electron chi connectivity index (χ0n) is 17.9. The molecule has 0 spiro atoms. The van der Waals surface area contributed by atoms with Gasteiger partial charge in [0.1, 0.15) is 0 Å². The van der Waals surface area contributed by atoms with Gasteiger partial charge < -0.3 is 4.74 Å². The lowest BCUT2D eigenvalue weighted by Crippen LogP contribution is -2.23. The smallest absolute Gasteiger partial charge is 0.399 e. The molecule has 2 aliphatic carbocycles. The molecular formula is C24H33F5O. The first-order valence-corrected chi connectivity index (χ1v) is 11.4. The van der Waals surface area contributed by atoms with Crippen molar-refractivity contribution in [3.8, 4) is 5.75 Å². The Balaban J connectivity index is 1.52. The molecule has 0 bridgehead atoms. The van der Waals surface area contributed by atoms with Crippen LogP contribution in [-0.4, -0.2) is 6.36 Å². The maximum Gasteiger partial charge on any atom is 0.573 e. The van der Waals surface area contributed by atoms with Gasteiger partial charge in [0, 0.05) is 0 Å². The molecule has 2 aliphatic rings. The summed E-state index contributed by atoms with van der Waals surface area (Å²) in [4.78, 5) is 0. The second kappa shape index (κ2) is 9.86. The second-order valence-electron chi connectivity index (χ2n) is 9.48. The summed E-state index contributed by atoms with van der Waals surface area (Å²) in [5.41, 5.74) is 0.434. The fourth-order valence-electron chi connectivity index (χ4n) is 5.64. The van der Waals surface area contributed by atoms with Gasteiger partial charge >= 0.3 is 6.36 Å². The van der Waals surface area contributed by atoms with Gasteiger partial charge in [0.05, 0.1) is 0 Å². The van der Waals surface area contributed by atoms with Gasteiger partial charge in [0.2, 0.25) is 5.75 Å². The van der Waals surface area contributed by atoms with Crippen molar-refractivity contribution in [2.45, 2.75) is 90.3 Å². The topological polar surface area (TPSA) is 9.23 Å². The largest absolute Gasteiger partial charge is 0.573 e. The Morgan fingerprint density at radius 3 is 1.93 bits per heavy atom. The molecule has 3 rings (SSSR count). The van der Waals surface area contributed by atoms with Crippen molar-refractivity contribution in [1.29, 1.82) is 0 Å². The molecule has 0 N–H and O–H groups in total. The van der Waals surface area contributed by atoms with Crippen molar-refractivity contribution in [1.82, 2.24) is 0 Å². The van der Waals surface area contributed by atoms with E-state index in [0.29, 0.717) is 17.4 Å². The highest BCUT2D eigenvalue weighted by Crippen LogP contribution is 2.43. The zero-order valence-corrected chi connectivity index (χ0v) is 17.9. The van der Waals surface area contributed by atoms with E-state index in [4.69, 9.17) is 0 Å². The number of hydrogen-bond acceptors (Lipinski definition) is 1. The molecule has 0 radical (unpaired) electrons. The molecule has 6 heteroatoms. The molecule has 2 fully saturated rings. The van der Waals surface area contributed by atoms with E-state index >= 15 is 0 Å². The lowest BCUT2D eigenvalue weighted by molar-refractivity contribution is -0.276. The van der Waals surface area contributed by atoms with Crippen LogP contribution in [-0.2, 0) is 0 Å². The number of halogens is 5. The van der Waals surface area contributed by atoms with Crippen molar-refractivity contribution in [3.05, 3.63) is 29.3 Å². The van der Waals surface area contributed by atoms with E-state index in [9.17, 15) is 22.0 Å². The maximum atomic E-state index is 14.0. The van der Waals surface area contributed by atoms with E-state index < -0.39 is 23.7 Å². The average molecular weight is 433 g/mol. The van der Waals surface area contributed by atoms with Gasteiger partial charge in [-0.05, 0) is 92.2 Å². The summed E-state index contributed by atoms with van der Waals surface area (Å²) in [7, 11) is 0. The van der Waals surface area contributed by atoms with Crippen LogP contribution in [0.5, 0.6) is 5.75 Å². The number of hydrogen-bond donors (Lipinski definition) is 0. The monoisotopic (exact) mass is 432 g/mol. The van der Waals surface area contributed by atoms with Gasteiger partial charge in [0.25, 0.3) is 0 Å². The molecule has 0 saturated heterocycles. The van der Waals surface area contributed by atoms with Crippen molar-refractivity contribution < 1.29 is 26.7 Å². The number of benzene rings is 1. The normalized spacial score (nSPS) is 28.9. The second-order valence-corrected chi connectivity index (χ2v) is 9.48. The quantitative estimate of drug-likeness (QED) is 0.410. The molecule has 1 aromatic rings. The molecule has 0 amide bonds. The van der Waals surface area contributed by atoms with Crippen LogP contribution in [0.25, 0.3) is 0 Å². The van der Waals surface area contributed by atoms with Crippen molar-refractivity contribution in [2.75, 3.05) is 0 Å². The number of ether oxygens (including phenoxy) is 1. The summed E-state index contributed by atoms with van der Waals surface area (Å²) in [5.74, 6) is -0.915. The molecule has 0 heterocycles. The maximum absolute atomic E-state index is 14.0. The van der Waals surface area contributed by atoms with E-state index in [1.807, 2.05) is 0 Å². The molecule has 2 saturated carbocycles. The van der Waals surface area contributed by atoms with Crippen LogP contribution >= 0.6 is 0 Å².